The molecule has 7 atom stereocenters. The zero-order valence-electron chi connectivity index (χ0n) is 32.7. The molecule has 3 heterocycles. The Morgan fingerprint density at radius 3 is 2.52 bits per heavy atom. The summed E-state index contributed by atoms with van der Waals surface area (Å²) in [6.45, 7) is 5.98. The van der Waals surface area contributed by atoms with Gasteiger partial charge in [-0.3, -0.25) is 33.3 Å². The molecule has 6 aliphatic rings. The standard InChI is InChI=1S/C42H54N4O9S/c1-4-27-22-42(27,39(51)44-56(52,53)30-14-15-30)23-35(47)34-19-29-24-46(34)38(50)32(26-10-7-8-11-26)20-36(48)55-41(3)21-28(41)12-6-5-9-17-45-37(49)31-16-13-25(2)18-33(31)43-40(45)54-29/h5,9,13,16,18,26-30,32,34H,4,6-8,10-12,14-15,17,19-24H2,1-3H3,(H,44,51)/b9-5+/t27-,28-,29-,32+,34+,41-,42-/m1/s1. The number of carbonyl (C=O) groups excluding carboxylic acids is 4. The number of rotatable bonds is 8. The van der Waals surface area contributed by atoms with E-state index < -0.39 is 56.2 Å². The molecule has 1 aromatic heterocycles. The van der Waals surface area contributed by atoms with E-state index in [0.29, 0.717) is 36.6 Å². The zero-order chi connectivity index (χ0) is 39.6. The van der Waals surface area contributed by atoms with Gasteiger partial charge in [0.05, 0.1) is 46.5 Å². The second kappa shape index (κ2) is 14.7. The van der Waals surface area contributed by atoms with Gasteiger partial charge in [-0.1, -0.05) is 44.4 Å². The van der Waals surface area contributed by atoms with Gasteiger partial charge in [0.25, 0.3) is 11.6 Å². The number of esters is 1. The number of sulfonamides is 1. The summed E-state index contributed by atoms with van der Waals surface area (Å²) in [4.78, 5) is 77.1. The Labute approximate surface area is 328 Å². The lowest BCUT2D eigenvalue weighted by Crippen LogP contribution is -2.47. The highest BCUT2D eigenvalue weighted by molar-refractivity contribution is 7.90. The van der Waals surface area contributed by atoms with Crippen LogP contribution in [-0.2, 0) is 40.5 Å². The van der Waals surface area contributed by atoms with E-state index >= 15 is 0 Å². The number of aromatic nitrogens is 2. The van der Waals surface area contributed by atoms with Crippen LogP contribution in [-0.4, -0.2) is 76.0 Å². The van der Waals surface area contributed by atoms with Crippen LogP contribution in [0.4, 0.5) is 0 Å². The molecule has 5 fully saturated rings. The highest BCUT2D eigenvalue weighted by Gasteiger charge is 2.62. The van der Waals surface area contributed by atoms with Crippen LogP contribution in [0.25, 0.3) is 10.9 Å². The molecule has 2 bridgehead atoms. The number of Topliss-reactive ketones (excluding diaryl/α,β-unsaturated/α-hetero) is 1. The quantitative estimate of drug-likeness (QED) is 0.287. The Morgan fingerprint density at radius 1 is 1.04 bits per heavy atom. The van der Waals surface area contributed by atoms with Crippen molar-refractivity contribution in [2.24, 2.45) is 29.1 Å². The van der Waals surface area contributed by atoms with E-state index in [1.165, 1.54) is 9.47 Å². The van der Waals surface area contributed by atoms with E-state index in [0.717, 1.165) is 50.5 Å². The molecule has 4 aliphatic carbocycles. The van der Waals surface area contributed by atoms with Gasteiger partial charge < -0.3 is 14.4 Å². The van der Waals surface area contributed by atoms with Crippen molar-refractivity contribution < 1.29 is 37.1 Å². The minimum Gasteiger partial charge on any atom is -0.459 e. The minimum atomic E-state index is -3.84. The molecule has 56 heavy (non-hydrogen) atoms. The van der Waals surface area contributed by atoms with Crippen LogP contribution in [0.5, 0.6) is 6.01 Å². The van der Waals surface area contributed by atoms with E-state index in [4.69, 9.17) is 14.5 Å². The smallest absolute Gasteiger partial charge is 0.307 e. The Kier molecular flexibility index (Phi) is 10.2. The van der Waals surface area contributed by atoms with E-state index in [-0.39, 0.29) is 73.4 Å². The average molecular weight is 791 g/mol. The SMILES string of the molecule is CC[C@@H]1C[C@]1(CC(=O)[C@@H]1C[C@@H]2CN1C(=O)[C@H](C1CCCC1)CC(=O)O[C@]1(C)C[C@H]1CC/C=C/Cn1c(nc3cc(C)ccc3c1=O)O2)C(=O)NS(=O)(=O)C1CC1. The van der Waals surface area contributed by atoms with Gasteiger partial charge in [0.15, 0.2) is 5.78 Å². The van der Waals surface area contributed by atoms with Crippen molar-refractivity contribution in [3.63, 3.8) is 0 Å². The molecule has 2 aliphatic heterocycles. The summed E-state index contributed by atoms with van der Waals surface area (Å²) in [5.41, 5.74) is -0.652. The summed E-state index contributed by atoms with van der Waals surface area (Å²) in [5, 5.41) is -0.141. The van der Waals surface area contributed by atoms with Crippen molar-refractivity contribution in [2.45, 2.75) is 140 Å². The number of hydrogen-bond acceptors (Lipinski definition) is 10. The maximum absolute atomic E-state index is 14.9. The molecule has 302 valence electrons. The third-order valence-corrected chi connectivity index (χ3v) is 15.5. The number of nitrogens with one attached hydrogen (secondary N) is 1. The number of benzene rings is 1. The highest BCUT2D eigenvalue weighted by Crippen LogP contribution is 2.58. The summed E-state index contributed by atoms with van der Waals surface area (Å²) >= 11 is 0. The van der Waals surface area contributed by atoms with Crippen LogP contribution in [0, 0.1) is 36.0 Å². The summed E-state index contributed by atoms with van der Waals surface area (Å²) in [7, 11) is -3.84. The van der Waals surface area contributed by atoms with Gasteiger partial charge in [-0.15, -0.1) is 0 Å². The lowest BCUT2D eigenvalue weighted by atomic mass is 9.86. The molecule has 0 radical (unpaired) electrons. The van der Waals surface area contributed by atoms with Crippen molar-refractivity contribution in [1.82, 2.24) is 19.2 Å². The van der Waals surface area contributed by atoms with Gasteiger partial charge in [0.2, 0.25) is 21.8 Å². The number of aryl methyl sites for hydroxylation is 1. The van der Waals surface area contributed by atoms with Crippen LogP contribution in [0.1, 0.15) is 109 Å². The van der Waals surface area contributed by atoms with E-state index in [9.17, 15) is 32.4 Å². The Bertz CT molecular complexity index is 2140. The highest BCUT2D eigenvalue weighted by atomic mass is 32.2. The summed E-state index contributed by atoms with van der Waals surface area (Å²) < 4.78 is 42.1. The Morgan fingerprint density at radius 2 is 1.80 bits per heavy atom. The van der Waals surface area contributed by atoms with Crippen LogP contribution >= 0.6 is 0 Å². The van der Waals surface area contributed by atoms with Gasteiger partial charge >= 0.3 is 5.97 Å². The van der Waals surface area contributed by atoms with Crippen LogP contribution in [0.2, 0.25) is 0 Å². The molecular formula is C42H54N4O9S. The van der Waals surface area contributed by atoms with Crippen molar-refractivity contribution in [2.75, 3.05) is 6.54 Å². The molecule has 4 saturated carbocycles. The van der Waals surface area contributed by atoms with Gasteiger partial charge in [-0.05, 0) is 94.7 Å². The maximum Gasteiger partial charge on any atom is 0.307 e. The molecule has 1 N–H and O–H groups in total. The molecular weight excluding hydrogens is 737 g/mol. The second-order valence-electron chi connectivity index (χ2n) is 17.7. The minimum absolute atomic E-state index is 0.0112. The Balaban J connectivity index is 1.15. The summed E-state index contributed by atoms with van der Waals surface area (Å²) in [6.07, 6.45) is 10.6. The first kappa shape index (κ1) is 38.8. The maximum atomic E-state index is 14.9. The summed E-state index contributed by atoms with van der Waals surface area (Å²) in [6, 6.07) is 4.54. The number of carbonyl (C=O) groups is 4. The first-order valence-electron chi connectivity index (χ1n) is 20.7. The van der Waals surface area contributed by atoms with Gasteiger partial charge in [0, 0.05) is 25.3 Å². The molecule has 1 aromatic carbocycles. The predicted octanol–water partition coefficient (Wildman–Crippen LogP) is 4.91. The topological polar surface area (TPSA) is 171 Å². The number of nitrogens with zero attached hydrogens (tertiary/aromatic N) is 3. The van der Waals surface area contributed by atoms with Gasteiger partial charge in [-0.2, -0.15) is 4.98 Å². The van der Waals surface area contributed by atoms with Crippen molar-refractivity contribution in [1.29, 1.82) is 0 Å². The largest absolute Gasteiger partial charge is 0.459 e. The molecule has 2 amide bonds. The van der Waals surface area contributed by atoms with Crippen LogP contribution in [0.15, 0.2) is 35.1 Å². The fraction of sp³-hybridized carbons (Fsp3) is 0.667. The molecule has 0 unspecified atom stereocenters. The van der Waals surface area contributed by atoms with Crippen LogP contribution < -0.4 is 15.0 Å². The zero-order valence-corrected chi connectivity index (χ0v) is 33.5. The lowest BCUT2D eigenvalue weighted by Gasteiger charge is -2.31. The molecule has 0 spiro atoms. The normalized spacial score (nSPS) is 33.1. The molecule has 8 rings (SSSR count). The first-order chi connectivity index (χ1) is 26.7. The van der Waals surface area contributed by atoms with Crippen molar-refractivity contribution >= 4 is 44.5 Å². The van der Waals surface area contributed by atoms with E-state index in [1.807, 2.05) is 45.1 Å². The van der Waals surface area contributed by atoms with Gasteiger partial charge in [-0.25, -0.2) is 8.42 Å². The van der Waals surface area contributed by atoms with Crippen molar-refractivity contribution in [3.05, 3.63) is 46.3 Å². The Hall–Kier alpha value is -4.07. The molecule has 1 saturated heterocycles. The first-order valence-corrected chi connectivity index (χ1v) is 22.2. The van der Waals surface area contributed by atoms with Gasteiger partial charge in [0.1, 0.15) is 11.7 Å². The second-order valence-corrected chi connectivity index (χ2v) is 19.6. The number of ether oxygens (including phenoxy) is 2. The monoisotopic (exact) mass is 790 g/mol. The van der Waals surface area contributed by atoms with E-state index in [1.54, 1.807) is 6.07 Å². The number of ketones is 1. The fourth-order valence-corrected chi connectivity index (χ4v) is 11.2. The lowest BCUT2D eigenvalue weighted by molar-refractivity contribution is -0.157. The third kappa shape index (κ3) is 7.54. The number of hydrogen-bond donors (Lipinski definition) is 1. The van der Waals surface area contributed by atoms with Crippen molar-refractivity contribution in [3.8, 4) is 6.01 Å². The molecule has 14 heteroatoms. The average Bonchev–Trinajstić information content (AvgIpc) is 4.10. The predicted molar refractivity (Wildman–Crippen MR) is 207 cm³/mol. The summed E-state index contributed by atoms with van der Waals surface area (Å²) in [5.74, 6) is -2.50. The number of amides is 2. The fourth-order valence-electron chi connectivity index (χ4n) is 9.82. The number of fused-ring (bicyclic) bond motifs is 5. The van der Waals surface area contributed by atoms with Crippen LogP contribution in [0.3, 0.4) is 0 Å². The number of allylic oxidation sites excluding steroid dienone is 2. The van der Waals surface area contributed by atoms with E-state index in [2.05, 4.69) is 4.72 Å². The molecule has 2 aromatic rings. The third-order valence-electron chi connectivity index (χ3n) is 13.6. The molecule has 13 nitrogen and oxygen atoms in total.